The molecular formula is C9H11BrN2O2. The molecular weight excluding hydrogens is 248 g/mol. The summed E-state index contributed by atoms with van der Waals surface area (Å²) >= 11 is 3.25. The molecule has 4 nitrogen and oxygen atoms in total. The van der Waals surface area contributed by atoms with Crippen molar-refractivity contribution in [1.82, 2.24) is 10.6 Å². The van der Waals surface area contributed by atoms with Crippen molar-refractivity contribution in [3.05, 3.63) is 22.6 Å². The van der Waals surface area contributed by atoms with Crippen LogP contribution in [0.5, 0.6) is 0 Å². The molecule has 1 aliphatic rings. The van der Waals surface area contributed by atoms with Gasteiger partial charge in [-0.05, 0) is 35.0 Å². The molecule has 0 aromatic carbocycles. The van der Waals surface area contributed by atoms with Crippen molar-refractivity contribution in [3.63, 3.8) is 0 Å². The molecule has 0 bridgehead atoms. The van der Waals surface area contributed by atoms with Gasteiger partial charge in [0.25, 0.3) is 5.91 Å². The van der Waals surface area contributed by atoms with E-state index < -0.39 is 0 Å². The van der Waals surface area contributed by atoms with Gasteiger partial charge in [0.05, 0.1) is 10.7 Å². The van der Waals surface area contributed by atoms with Crippen LogP contribution in [0.1, 0.15) is 17.0 Å². The molecule has 1 aromatic rings. The maximum absolute atomic E-state index is 11.6. The molecule has 2 rings (SSSR count). The van der Waals surface area contributed by atoms with Gasteiger partial charge in [0.15, 0.2) is 0 Å². The number of furan rings is 1. The minimum Gasteiger partial charge on any atom is -0.458 e. The Hall–Kier alpha value is -0.810. The molecule has 0 aliphatic carbocycles. The predicted molar refractivity (Wildman–Crippen MR) is 55.1 cm³/mol. The SMILES string of the molecule is O=C(NC1CCNC1)c1occc1Br. The summed E-state index contributed by atoms with van der Waals surface area (Å²) in [5.74, 6) is 0.187. The number of carbonyl (C=O) groups is 1. The number of halogens is 1. The summed E-state index contributed by atoms with van der Waals surface area (Å²) < 4.78 is 5.75. The third kappa shape index (κ3) is 1.99. The maximum atomic E-state index is 11.6. The Labute approximate surface area is 90.2 Å². The largest absolute Gasteiger partial charge is 0.458 e. The Kier molecular flexibility index (Phi) is 2.88. The van der Waals surface area contributed by atoms with Crippen molar-refractivity contribution in [1.29, 1.82) is 0 Å². The van der Waals surface area contributed by atoms with Crippen LogP contribution in [0.15, 0.2) is 21.2 Å². The second-order valence-corrected chi connectivity index (χ2v) is 4.12. The average molecular weight is 259 g/mol. The van der Waals surface area contributed by atoms with Gasteiger partial charge in [-0.1, -0.05) is 0 Å². The predicted octanol–water partition coefficient (Wildman–Crippen LogP) is 1.13. The third-order valence-electron chi connectivity index (χ3n) is 2.22. The molecule has 1 unspecified atom stereocenters. The van der Waals surface area contributed by atoms with Gasteiger partial charge in [-0.25, -0.2) is 0 Å². The average Bonchev–Trinajstić information content (AvgIpc) is 2.75. The van der Waals surface area contributed by atoms with Crippen LogP contribution in [-0.4, -0.2) is 25.0 Å². The zero-order valence-corrected chi connectivity index (χ0v) is 9.13. The molecule has 5 heteroatoms. The molecule has 1 fully saturated rings. The second kappa shape index (κ2) is 4.14. The van der Waals surface area contributed by atoms with Gasteiger partial charge in [0.1, 0.15) is 0 Å². The highest BCUT2D eigenvalue weighted by atomic mass is 79.9. The zero-order chi connectivity index (χ0) is 9.97. The first-order chi connectivity index (χ1) is 6.77. The van der Waals surface area contributed by atoms with E-state index in [0.717, 1.165) is 19.5 Å². The molecule has 0 spiro atoms. The lowest BCUT2D eigenvalue weighted by Gasteiger charge is -2.09. The summed E-state index contributed by atoms with van der Waals surface area (Å²) in [6.07, 6.45) is 2.47. The van der Waals surface area contributed by atoms with Gasteiger partial charge >= 0.3 is 0 Å². The monoisotopic (exact) mass is 258 g/mol. The lowest BCUT2D eigenvalue weighted by atomic mass is 10.2. The van der Waals surface area contributed by atoms with E-state index in [2.05, 4.69) is 26.6 Å². The van der Waals surface area contributed by atoms with Crippen LogP contribution in [0.25, 0.3) is 0 Å². The quantitative estimate of drug-likeness (QED) is 0.837. The zero-order valence-electron chi connectivity index (χ0n) is 7.55. The summed E-state index contributed by atoms with van der Waals surface area (Å²) in [7, 11) is 0. The van der Waals surface area contributed by atoms with Crippen molar-refractivity contribution in [2.75, 3.05) is 13.1 Å². The van der Waals surface area contributed by atoms with Crippen LogP contribution in [-0.2, 0) is 0 Å². The second-order valence-electron chi connectivity index (χ2n) is 3.26. The molecule has 0 radical (unpaired) electrons. The highest BCUT2D eigenvalue weighted by Gasteiger charge is 2.20. The van der Waals surface area contributed by atoms with E-state index in [0.29, 0.717) is 10.2 Å². The van der Waals surface area contributed by atoms with Crippen LogP contribution in [0.2, 0.25) is 0 Å². The number of rotatable bonds is 2. The fourth-order valence-corrected chi connectivity index (χ4v) is 1.87. The summed E-state index contributed by atoms with van der Waals surface area (Å²) in [4.78, 5) is 11.6. The number of amides is 1. The van der Waals surface area contributed by atoms with Crippen molar-refractivity contribution >= 4 is 21.8 Å². The van der Waals surface area contributed by atoms with Crippen molar-refractivity contribution in [3.8, 4) is 0 Å². The molecule has 1 atom stereocenters. The smallest absolute Gasteiger partial charge is 0.288 e. The Balaban J connectivity index is 1.98. The summed E-state index contributed by atoms with van der Waals surface area (Å²) in [5, 5.41) is 6.08. The van der Waals surface area contributed by atoms with E-state index in [4.69, 9.17) is 4.42 Å². The van der Waals surface area contributed by atoms with E-state index in [1.165, 1.54) is 6.26 Å². The van der Waals surface area contributed by atoms with Crippen LogP contribution >= 0.6 is 15.9 Å². The maximum Gasteiger partial charge on any atom is 0.288 e. The molecule has 1 aliphatic heterocycles. The minimum atomic E-state index is -0.157. The van der Waals surface area contributed by atoms with E-state index in [9.17, 15) is 4.79 Å². The van der Waals surface area contributed by atoms with E-state index in [1.54, 1.807) is 6.07 Å². The molecule has 2 heterocycles. The number of carbonyl (C=O) groups excluding carboxylic acids is 1. The van der Waals surface area contributed by atoms with Gasteiger partial charge in [-0.2, -0.15) is 0 Å². The number of hydrogen-bond donors (Lipinski definition) is 2. The van der Waals surface area contributed by atoms with Crippen molar-refractivity contribution in [2.24, 2.45) is 0 Å². The summed E-state index contributed by atoms with van der Waals surface area (Å²) in [6.45, 7) is 1.80. The highest BCUT2D eigenvalue weighted by Crippen LogP contribution is 2.17. The fourth-order valence-electron chi connectivity index (χ4n) is 1.48. The summed E-state index contributed by atoms with van der Waals surface area (Å²) in [5.41, 5.74) is 0. The molecule has 2 N–H and O–H groups in total. The molecule has 1 amide bonds. The molecule has 1 aromatic heterocycles. The molecule has 76 valence electrons. The molecule has 0 saturated carbocycles. The van der Waals surface area contributed by atoms with E-state index in [1.807, 2.05) is 0 Å². The standard InChI is InChI=1S/C9H11BrN2O2/c10-7-2-4-14-8(7)9(13)12-6-1-3-11-5-6/h2,4,6,11H,1,3,5H2,(H,12,13). The first kappa shape index (κ1) is 9.73. The Bertz CT molecular complexity index is 331. The first-order valence-electron chi connectivity index (χ1n) is 4.52. The summed E-state index contributed by atoms with van der Waals surface area (Å²) in [6, 6.07) is 1.93. The van der Waals surface area contributed by atoms with Gasteiger partial charge in [0, 0.05) is 12.6 Å². The Morgan fingerprint density at radius 3 is 3.14 bits per heavy atom. The van der Waals surface area contributed by atoms with Crippen LogP contribution in [0.3, 0.4) is 0 Å². The van der Waals surface area contributed by atoms with Crippen LogP contribution in [0.4, 0.5) is 0 Å². The molecule has 1 saturated heterocycles. The van der Waals surface area contributed by atoms with Gasteiger partial charge in [0.2, 0.25) is 5.76 Å². The fraction of sp³-hybridized carbons (Fsp3) is 0.444. The van der Waals surface area contributed by atoms with Crippen LogP contribution < -0.4 is 10.6 Å². The Morgan fingerprint density at radius 1 is 1.71 bits per heavy atom. The number of hydrogen-bond acceptors (Lipinski definition) is 3. The van der Waals surface area contributed by atoms with Crippen LogP contribution in [0, 0.1) is 0 Å². The van der Waals surface area contributed by atoms with E-state index >= 15 is 0 Å². The van der Waals surface area contributed by atoms with Gasteiger partial charge in [-0.15, -0.1) is 0 Å². The minimum absolute atomic E-state index is 0.157. The topological polar surface area (TPSA) is 54.3 Å². The lowest BCUT2D eigenvalue weighted by Crippen LogP contribution is -2.36. The molecule has 14 heavy (non-hydrogen) atoms. The Morgan fingerprint density at radius 2 is 2.57 bits per heavy atom. The lowest BCUT2D eigenvalue weighted by molar-refractivity contribution is 0.0911. The number of nitrogens with one attached hydrogen (secondary N) is 2. The van der Waals surface area contributed by atoms with Gasteiger partial charge in [-0.3, -0.25) is 4.79 Å². The normalized spacial score (nSPS) is 21.1. The third-order valence-corrected chi connectivity index (χ3v) is 2.84. The van der Waals surface area contributed by atoms with E-state index in [-0.39, 0.29) is 11.9 Å². The van der Waals surface area contributed by atoms with Crippen molar-refractivity contribution in [2.45, 2.75) is 12.5 Å². The van der Waals surface area contributed by atoms with Crippen molar-refractivity contribution < 1.29 is 9.21 Å². The van der Waals surface area contributed by atoms with Gasteiger partial charge < -0.3 is 15.1 Å². The first-order valence-corrected chi connectivity index (χ1v) is 5.31. The highest BCUT2D eigenvalue weighted by molar-refractivity contribution is 9.10.